The first kappa shape index (κ1) is 10.9. The first-order chi connectivity index (χ1) is 7.70. The maximum absolute atomic E-state index is 8.81. The van der Waals surface area contributed by atoms with Gasteiger partial charge in [-0.2, -0.15) is 5.10 Å². The van der Waals surface area contributed by atoms with Crippen molar-refractivity contribution in [3.8, 4) is 11.4 Å². The van der Waals surface area contributed by atoms with Crippen molar-refractivity contribution in [3.63, 3.8) is 0 Å². The van der Waals surface area contributed by atoms with Crippen molar-refractivity contribution in [3.05, 3.63) is 29.4 Å². The van der Waals surface area contributed by atoms with Crippen molar-refractivity contribution in [1.29, 1.82) is 0 Å². The van der Waals surface area contributed by atoms with Gasteiger partial charge in [-0.05, 0) is 12.1 Å². The lowest BCUT2D eigenvalue weighted by atomic mass is 10.3. The maximum Gasteiger partial charge on any atom is 0.129 e. The first-order valence-electron chi connectivity index (χ1n) is 4.78. The van der Waals surface area contributed by atoms with Crippen LogP contribution in [0.4, 0.5) is 5.82 Å². The highest BCUT2D eigenvalue weighted by Crippen LogP contribution is 2.19. The average molecular weight is 239 g/mol. The Morgan fingerprint density at radius 3 is 2.88 bits per heavy atom. The molecule has 0 saturated heterocycles. The van der Waals surface area contributed by atoms with Crippen molar-refractivity contribution in [1.82, 2.24) is 14.8 Å². The molecule has 0 aliphatic rings. The monoisotopic (exact) mass is 238 g/mol. The molecular weight excluding hydrogens is 228 g/mol. The van der Waals surface area contributed by atoms with Crippen LogP contribution in [-0.2, 0) is 6.54 Å². The highest BCUT2D eigenvalue weighted by molar-refractivity contribution is 6.29. The number of aliphatic hydroxyl groups excluding tert-OH is 1. The molecule has 0 aliphatic carbocycles. The molecule has 0 unspecified atom stereocenters. The van der Waals surface area contributed by atoms with Gasteiger partial charge >= 0.3 is 0 Å². The van der Waals surface area contributed by atoms with Gasteiger partial charge in [-0.15, -0.1) is 0 Å². The highest BCUT2D eigenvalue weighted by atomic mass is 35.5. The van der Waals surface area contributed by atoms with E-state index in [0.29, 0.717) is 28.9 Å². The van der Waals surface area contributed by atoms with Crippen molar-refractivity contribution in [2.75, 3.05) is 12.3 Å². The first-order valence-corrected chi connectivity index (χ1v) is 5.15. The topological polar surface area (TPSA) is 77.0 Å². The molecule has 0 saturated carbocycles. The Morgan fingerprint density at radius 1 is 1.38 bits per heavy atom. The van der Waals surface area contributed by atoms with Crippen LogP contribution in [0.2, 0.25) is 5.15 Å². The maximum atomic E-state index is 8.81. The van der Waals surface area contributed by atoms with Crippen LogP contribution in [0.1, 0.15) is 0 Å². The number of rotatable bonds is 3. The minimum atomic E-state index is -0.00566. The summed E-state index contributed by atoms with van der Waals surface area (Å²) in [6, 6.07) is 7.00. The SMILES string of the molecule is Nc1cc(-c2cccc(Cl)n2)nn1CCO. The van der Waals surface area contributed by atoms with E-state index in [1.807, 2.05) is 0 Å². The molecule has 5 nitrogen and oxygen atoms in total. The van der Waals surface area contributed by atoms with Crippen LogP contribution in [-0.4, -0.2) is 26.5 Å². The fourth-order valence-corrected chi connectivity index (χ4v) is 1.54. The molecule has 0 aromatic carbocycles. The summed E-state index contributed by atoms with van der Waals surface area (Å²) in [4.78, 5) is 4.13. The molecule has 2 aromatic heterocycles. The third kappa shape index (κ3) is 2.15. The van der Waals surface area contributed by atoms with Crippen LogP contribution in [0.25, 0.3) is 11.4 Å². The largest absolute Gasteiger partial charge is 0.394 e. The Labute approximate surface area is 97.5 Å². The normalized spacial score (nSPS) is 10.6. The third-order valence-electron chi connectivity index (χ3n) is 2.10. The Balaban J connectivity index is 2.37. The highest BCUT2D eigenvalue weighted by Gasteiger charge is 2.08. The number of anilines is 1. The van der Waals surface area contributed by atoms with Gasteiger partial charge in [0.2, 0.25) is 0 Å². The molecule has 0 aliphatic heterocycles. The Hall–Kier alpha value is -1.59. The van der Waals surface area contributed by atoms with E-state index < -0.39 is 0 Å². The van der Waals surface area contributed by atoms with Gasteiger partial charge in [0.25, 0.3) is 0 Å². The van der Waals surface area contributed by atoms with Crippen LogP contribution in [0.3, 0.4) is 0 Å². The van der Waals surface area contributed by atoms with Gasteiger partial charge in [-0.1, -0.05) is 17.7 Å². The lowest BCUT2D eigenvalue weighted by molar-refractivity contribution is 0.270. The Kier molecular flexibility index (Phi) is 3.07. The van der Waals surface area contributed by atoms with Gasteiger partial charge in [0.15, 0.2) is 0 Å². The van der Waals surface area contributed by atoms with E-state index in [1.54, 1.807) is 24.3 Å². The minimum Gasteiger partial charge on any atom is -0.394 e. The van der Waals surface area contributed by atoms with Gasteiger partial charge in [0.05, 0.1) is 18.8 Å². The van der Waals surface area contributed by atoms with Gasteiger partial charge in [-0.3, -0.25) is 0 Å². The summed E-state index contributed by atoms with van der Waals surface area (Å²) in [7, 11) is 0. The van der Waals surface area contributed by atoms with E-state index in [1.165, 1.54) is 4.68 Å². The molecule has 0 spiro atoms. The summed E-state index contributed by atoms with van der Waals surface area (Å²) >= 11 is 5.79. The summed E-state index contributed by atoms with van der Waals surface area (Å²) in [5.74, 6) is 0.492. The smallest absolute Gasteiger partial charge is 0.129 e. The number of aromatic nitrogens is 3. The van der Waals surface area contributed by atoms with E-state index in [2.05, 4.69) is 10.1 Å². The summed E-state index contributed by atoms with van der Waals surface area (Å²) in [5, 5.41) is 13.4. The van der Waals surface area contributed by atoms with Crippen LogP contribution in [0.5, 0.6) is 0 Å². The zero-order valence-corrected chi connectivity index (χ0v) is 9.22. The average Bonchev–Trinajstić information content (AvgIpc) is 2.61. The molecule has 16 heavy (non-hydrogen) atoms. The molecule has 0 atom stereocenters. The molecule has 6 heteroatoms. The van der Waals surface area contributed by atoms with Gasteiger partial charge in [-0.25, -0.2) is 9.67 Å². The lowest BCUT2D eigenvalue weighted by Crippen LogP contribution is -2.07. The van der Waals surface area contributed by atoms with Crippen LogP contribution in [0, 0.1) is 0 Å². The van der Waals surface area contributed by atoms with Gasteiger partial charge < -0.3 is 10.8 Å². The summed E-state index contributed by atoms with van der Waals surface area (Å²) in [5.41, 5.74) is 7.04. The Bertz CT molecular complexity index is 497. The zero-order chi connectivity index (χ0) is 11.5. The van der Waals surface area contributed by atoms with Crippen molar-refractivity contribution in [2.24, 2.45) is 0 Å². The van der Waals surface area contributed by atoms with E-state index >= 15 is 0 Å². The number of nitrogen functional groups attached to an aromatic ring is 1. The second-order valence-corrected chi connectivity index (χ2v) is 3.63. The van der Waals surface area contributed by atoms with Gasteiger partial charge in [0, 0.05) is 6.07 Å². The molecule has 2 aromatic rings. The number of nitrogens with zero attached hydrogens (tertiary/aromatic N) is 3. The molecule has 2 rings (SSSR count). The number of halogens is 1. The predicted octanol–water partition coefficient (Wildman–Crippen LogP) is 1.17. The summed E-state index contributed by atoms with van der Waals surface area (Å²) < 4.78 is 1.53. The molecular formula is C10H11ClN4O. The number of aliphatic hydroxyl groups is 1. The van der Waals surface area contributed by atoms with Crippen LogP contribution < -0.4 is 5.73 Å². The molecule has 84 valence electrons. The zero-order valence-electron chi connectivity index (χ0n) is 8.47. The second-order valence-electron chi connectivity index (χ2n) is 3.25. The number of nitrogens with two attached hydrogens (primary N) is 1. The van der Waals surface area contributed by atoms with E-state index in [9.17, 15) is 0 Å². The molecule has 0 fully saturated rings. The quantitative estimate of drug-likeness (QED) is 0.787. The van der Waals surface area contributed by atoms with Crippen molar-refractivity contribution in [2.45, 2.75) is 6.54 Å². The summed E-state index contributed by atoms with van der Waals surface area (Å²) in [6.45, 7) is 0.362. The predicted molar refractivity (Wildman–Crippen MR) is 62.0 cm³/mol. The standard InChI is InChI=1S/C10H11ClN4O/c11-9-3-1-2-7(13-9)8-6-10(12)15(14-8)4-5-16/h1-3,6,16H,4-5,12H2. The number of hydrogen-bond acceptors (Lipinski definition) is 4. The van der Waals surface area contributed by atoms with E-state index in [4.69, 9.17) is 22.4 Å². The lowest BCUT2D eigenvalue weighted by Gasteiger charge is -1.99. The van der Waals surface area contributed by atoms with Crippen molar-refractivity contribution >= 4 is 17.4 Å². The second kappa shape index (κ2) is 4.51. The number of hydrogen-bond donors (Lipinski definition) is 2. The van der Waals surface area contributed by atoms with Crippen LogP contribution in [0.15, 0.2) is 24.3 Å². The van der Waals surface area contributed by atoms with Crippen molar-refractivity contribution < 1.29 is 5.11 Å². The molecule has 0 radical (unpaired) electrons. The van der Waals surface area contributed by atoms with Gasteiger partial charge in [0.1, 0.15) is 16.7 Å². The molecule has 0 amide bonds. The minimum absolute atomic E-state index is 0.00566. The molecule has 2 heterocycles. The van der Waals surface area contributed by atoms with E-state index in [0.717, 1.165) is 0 Å². The third-order valence-corrected chi connectivity index (χ3v) is 2.31. The fourth-order valence-electron chi connectivity index (χ4n) is 1.38. The van der Waals surface area contributed by atoms with E-state index in [-0.39, 0.29) is 6.61 Å². The van der Waals surface area contributed by atoms with Crippen LogP contribution >= 0.6 is 11.6 Å². The Morgan fingerprint density at radius 2 is 2.19 bits per heavy atom. The number of pyridine rings is 1. The fraction of sp³-hybridized carbons (Fsp3) is 0.200. The molecule has 0 bridgehead atoms. The molecule has 3 N–H and O–H groups in total. The summed E-state index contributed by atoms with van der Waals surface area (Å²) in [6.07, 6.45) is 0.